The van der Waals surface area contributed by atoms with Crippen LogP contribution in [0.4, 0.5) is 0 Å². The van der Waals surface area contributed by atoms with E-state index in [9.17, 15) is 9.59 Å². The van der Waals surface area contributed by atoms with Gasteiger partial charge < -0.3 is 10.0 Å². The number of carboxylic acid groups (broad SMARTS) is 1. The lowest BCUT2D eigenvalue weighted by Crippen LogP contribution is -2.42. The highest BCUT2D eigenvalue weighted by molar-refractivity contribution is 9.10. The number of aromatic nitrogens is 1. The van der Waals surface area contributed by atoms with Crippen molar-refractivity contribution < 1.29 is 14.7 Å². The summed E-state index contributed by atoms with van der Waals surface area (Å²) in [5, 5.41) is 8.96. The Bertz CT molecular complexity index is 469. The molecule has 102 valence electrons. The lowest BCUT2D eigenvalue weighted by atomic mass is 10.2. The highest BCUT2D eigenvalue weighted by atomic mass is 79.9. The monoisotopic (exact) mass is 326 g/mol. The van der Waals surface area contributed by atoms with Crippen LogP contribution in [0.1, 0.15) is 36.2 Å². The standard InChI is InChI=1S/C13H15BrN2O3/c14-9-5-6-11(15-7-9)13(19)16(8-12(17)18)10-3-1-2-4-10/h5-7,10H,1-4,8H2,(H,17,18). The van der Waals surface area contributed by atoms with E-state index >= 15 is 0 Å². The molecule has 5 nitrogen and oxygen atoms in total. The second-order valence-electron chi connectivity index (χ2n) is 4.63. The van der Waals surface area contributed by atoms with E-state index in [1.54, 1.807) is 18.3 Å². The molecule has 2 rings (SSSR count). The molecular formula is C13H15BrN2O3. The average molecular weight is 327 g/mol. The second kappa shape index (κ2) is 6.14. The maximum absolute atomic E-state index is 12.4. The zero-order valence-electron chi connectivity index (χ0n) is 10.4. The van der Waals surface area contributed by atoms with Gasteiger partial charge in [0.2, 0.25) is 0 Å². The van der Waals surface area contributed by atoms with Crippen molar-refractivity contribution in [2.75, 3.05) is 6.54 Å². The van der Waals surface area contributed by atoms with Gasteiger partial charge in [0.1, 0.15) is 12.2 Å². The molecule has 0 unspecified atom stereocenters. The van der Waals surface area contributed by atoms with E-state index in [1.165, 1.54) is 4.90 Å². The molecule has 0 atom stereocenters. The Balaban J connectivity index is 2.18. The molecule has 1 N–H and O–H groups in total. The lowest BCUT2D eigenvalue weighted by molar-refractivity contribution is -0.138. The van der Waals surface area contributed by atoms with Crippen LogP contribution in [0, 0.1) is 0 Å². The Kier molecular flexibility index (Phi) is 4.52. The highest BCUT2D eigenvalue weighted by Crippen LogP contribution is 2.24. The van der Waals surface area contributed by atoms with Gasteiger partial charge in [-0.2, -0.15) is 0 Å². The number of halogens is 1. The van der Waals surface area contributed by atoms with Crippen LogP contribution >= 0.6 is 15.9 Å². The van der Waals surface area contributed by atoms with Crippen LogP contribution in [-0.4, -0.2) is 39.5 Å². The summed E-state index contributed by atoms with van der Waals surface area (Å²) in [6.45, 7) is -0.263. The Morgan fingerprint density at radius 1 is 1.37 bits per heavy atom. The van der Waals surface area contributed by atoms with Crippen molar-refractivity contribution in [3.63, 3.8) is 0 Å². The molecule has 1 fully saturated rings. The van der Waals surface area contributed by atoms with Gasteiger partial charge in [-0.05, 0) is 40.9 Å². The van der Waals surface area contributed by atoms with Gasteiger partial charge in [-0.15, -0.1) is 0 Å². The van der Waals surface area contributed by atoms with Gasteiger partial charge in [-0.1, -0.05) is 12.8 Å². The largest absolute Gasteiger partial charge is 0.480 e. The zero-order valence-corrected chi connectivity index (χ0v) is 12.0. The van der Waals surface area contributed by atoms with Crippen LogP contribution < -0.4 is 0 Å². The first kappa shape index (κ1) is 14.0. The first-order valence-corrected chi connectivity index (χ1v) is 7.01. The number of aliphatic carboxylic acids is 1. The van der Waals surface area contributed by atoms with Gasteiger partial charge in [-0.3, -0.25) is 9.59 Å². The molecule has 1 aromatic rings. The number of hydrogen-bond acceptors (Lipinski definition) is 3. The minimum absolute atomic E-state index is 0.0223. The topological polar surface area (TPSA) is 70.5 Å². The number of rotatable bonds is 4. The first-order chi connectivity index (χ1) is 9.08. The summed E-state index contributed by atoms with van der Waals surface area (Å²) < 4.78 is 0.787. The number of carbonyl (C=O) groups is 2. The van der Waals surface area contributed by atoms with Crippen LogP contribution in [0.3, 0.4) is 0 Å². The van der Waals surface area contributed by atoms with Gasteiger partial charge in [0, 0.05) is 16.7 Å². The second-order valence-corrected chi connectivity index (χ2v) is 5.54. The maximum atomic E-state index is 12.4. The van der Waals surface area contributed by atoms with Crippen molar-refractivity contribution in [2.24, 2.45) is 0 Å². The molecular weight excluding hydrogens is 312 g/mol. The van der Waals surface area contributed by atoms with Crippen LogP contribution in [0.25, 0.3) is 0 Å². The first-order valence-electron chi connectivity index (χ1n) is 6.22. The number of hydrogen-bond donors (Lipinski definition) is 1. The third-order valence-corrected chi connectivity index (χ3v) is 3.75. The van der Waals surface area contributed by atoms with Gasteiger partial charge in [-0.25, -0.2) is 4.98 Å². The molecule has 1 aromatic heterocycles. The minimum Gasteiger partial charge on any atom is -0.480 e. The molecule has 1 heterocycles. The molecule has 0 bridgehead atoms. The number of nitrogens with zero attached hydrogens (tertiary/aromatic N) is 2. The summed E-state index contributed by atoms with van der Waals surface area (Å²) in [6.07, 6.45) is 5.37. The van der Waals surface area contributed by atoms with Crippen molar-refractivity contribution in [1.29, 1.82) is 0 Å². The summed E-state index contributed by atoms with van der Waals surface area (Å²) in [5.74, 6) is -1.29. The molecule has 19 heavy (non-hydrogen) atoms. The number of carbonyl (C=O) groups excluding carboxylic acids is 1. The third kappa shape index (κ3) is 3.53. The van der Waals surface area contributed by atoms with Crippen molar-refractivity contribution in [3.8, 4) is 0 Å². The Morgan fingerprint density at radius 2 is 2.05 bits per heavy atom. The fraction of sp³-hybridized carbons (Fsp3) is 0.462. The van der Waals surface area contributed by atoms with Crippen LogP contribution in [-0.2, 0) is 4.79 Å². The molecule has 0 aliphatic heterocycles. The van der Waals surface area contributed by atoms with Crippen molar-refractivity contribution in [2.45, 2.75) is 31.7 Å². The summed E-state index contributed by atoms with van der Waals surface area (Å²) in [7, 11) is 0. The van der Waals surface area contributed by atoms with Crippen molar-refractivity contribution in [1.82, 2.24) is 9.88 Å². The average Bonchev–Trinajstić information content (AvgIpc) is 2.89. The van der Waals surface area contributed by atoms with Gasteiger partial charge >= 0.3 is 5.97 Å². The molecule has 1 aliphatic carbocycles. The number of carboxylic acids is 1. The molecule has 1 aliphatic rings. The summed E-state index contributed by atoms with van der Waals surface area (Å²) in [5.41, 5.74) is 0.288. The Hall–Kier alpha value is -1.43. The van der Waals surface area contributed by atoms with Crippen LogP contribution in [0.5, 0.6) is 0 Å². The van der Waals surface area contributed by atoms with E-state index in [1.807, 2.05) is 0 Å². The van der Waals surface area contributed by atoms with Crippen LogP contribution in [0.2, 0.25) is 0 Å². The fourth-order valence-electron chi connectivity index (χ4n) is 2.38. The van der Waals surface area contributed by atoms with Crippen molar-refractivity contribution >= 4 is 27.8 Å². The van der Waals surface area contributed by atoms with E-state index in [2.05, 4.69) is 20.9 Å². The third-order valence-electron chi connectivity index (χ3n) is 3.28. The molecule has 6 heteroatoms. The number of amides is 1. The maximum Gasteiger partial charge on any atom is 0.323 e. The van der Waals surface area contributed by atoms with E-state index in [0.29, 0.717) is 0 Å². The Morgan fingerprint density at radius 3 is 2.58 bits per heavy atom. The molecule has 0 spiro atoms. The lowest BCUT2D eigenvalue weighted by Gasteiger charge is -2.27. The quantitative estimate of drug-likeness (QED) is 0.921. The van der Waals surface area contributed by atoms with Crippen LogP contribution in [0.15, 0.2) is 22.8 Å². The minimum atomic E-state index is -0.989. The summed E-state index contributed by atoms with van der Waals surface area (Å²) in [6, 6.07) is 3.36. The SMILES string of the molecule is O=C(O)CN(C(=O)c1ccc(Br)cn1)C1CCCC1. The summed E-state index contributed by atoms with van der Waals surface area (Å²) in [4.78, 5) is 28.8. The Labute approximate surface area is 119 Å². The predicted octanol–water partition coefficient (Wildman–Crippen LogP) is 2.31. The van der Waals surface area contributed by atoms with Crippen molar-refractivity contribution in [3.05, 3.63) is 28.5 Å². The molecule has 0 saturated heterocycles. The molecule has 1 saturated carbocycles. The van der Waals surface area contributed by atoms with E-state index < -0.39 is 5.97 Å². The van der Waals surface area contributed by atoms with E-state index in [4.69, 9.17) is 5.11 Å². The summed E-state index contributed by atoms with van der Waals surface area (Å²) >= 11 is 3.26. The van der Waals surface area contributed by atoms with Gasteiger partial charge in [0.25, 0.3) is 5.91 Å². The smallest absolute Gasteiger partial charge is 0.323 e. The van der Waals surface area contributed by atoms with E-state index in [-0.39, 0.29) is 24.2 Å². The van der Waals surface area contributed by atoms with Gasteiger partial charge in [0.05, 0.1) is 0 Å². The molecule has 0 aromatic carbocycles. The highest BCUT2D eigenvalue weighted by Gasteiger charge is 2.29. The number of pyridine rings is 1. The van der Waals surface area contributed by atoms with Gasteiger partial charge in [0.15, 0.2) is 0 Å². The fourth-order valence-corrected chi connectivity index (χ4v) is 2.61. The van der Waals surface area contributed by atoms with E-state index in [0.717, 1.165) is 30.2 Å². The molecule has 0 radical (unpaired) electrons. The molecule has 1 amide bonds. The zero-order chi connectivity index (χ0) is 13.8. The normalized spacial score (nSPS) is 15.4. The predicted molar refractivity (Wildman–Crippen MR) is 72.9 cm³/mol.